The Kier molecular flexibility index (Phi) is 6.53. The number of methoxy groups -OCH3 is 2. The van der Waals surface area contributed by atoms with E-state index in [1.807, 2.05) is 6.92 Å². The van der Waals surface area contributed by atoms with Crippen molar-refractivity contribution in [2.75, 3.05) is 19.5 Å². The molecule has 1 heterocycles. The van der Waals surface area contributed by atoms with Crippen LogP contribution < -0.4 is 14.8 Å². The number of nitrogens with one attached hydrogen (secondary N) is 2. The van der Waals surface area contributed by atoms with Crippen LogP contribution in [-0.2, 0) is 12.6 Å². The topological polar surface area (TPSA) is 76.2 Å². The molecule has 0 radical (unpaired) electrons. The molecule has 0 atom stereocenters. The first kappa shape index (κ1) is 22.2. The van der Waals surface area contributed by atoms with E-state index in [4.69, 9.17) is 9.47 Å². The van der Waals surface area contributed by atoms with Crippen LogP contribution in [-0.4, -0.2) is 30.3 Å². The van der Waals surface area contributed by atoms with Crippen molar-refractivity contribution in [1.29, 1.82) is 0 Å². The van der Waals surface area contributed by atoms with Gasteiger partial charge in [-0.2, -0.15) is 18.3 Å². The molecule has 164 valence electrons. The number of carbonyl (C=O) groups is 1. The van der Waals surface area contributed by atoms with Crippen LogP contribution in [0, 0.1) is 0 Å². The summed E-state index contributed by atoms with van der Waals surface area (Å²) in [6.07, 6.45) is -3.05. The molecule has 0 spiro atoms. The normalized spacial score (nSPS) is 11.3. The number of ether oxygens (including phenoxy) is 2. The predicted molar refractivity (Wildman–Crippen MR) is 111 cm³/mol. The molecule has 0 aliphatic carbocycles. The van der Waals surface area contributed by atoms with Crippen molar-refractivity contribution in [3.8, 4) is 22.8 Å². The van der Waals surface area contributed by atoms with Crippen LogP contribution in [0.4, 0.5) is 18.9 Å². The van der Waals surface area contributed by atoms with E-state index >= 15 is 0 Å². The minimum atomic E-state index is -4.47. The van der Waals surface area contributed by atoms with Gasteiger partial charge in [0.05, 0.1) is 31.2 Å². The van der Waals surface area contributed by atoms with Gasteiger partial charge in [-0.05, 0) is 42.8 Å². The van der Waals surface area contributed by atoms with Crippen LogP contribution >= 0.6 is 0 Å². The highest BCUT2D eigenvalue weighted by Crippen LogP contribution is 2.38. The maximum absolute atomic E-state index is 12.8. The molecule has 0 bridgehead atoms. The first-order chi connectivity index (χ1) is 14.8. The minimum absolute atomic E-state index is 0.101. The van der Waals surface area contributed by atoms with Gasteiger partial charge in [0.2, 0.25) is 0 Å². The molecule has 0 aliphatic rings. The van der Waals surface area contributed by atoms with Crippen molar-refractivity contribution in [3.05, 3.63) is 59.3 Å². The summed E-state index contributed by atoms with van der Waals surface area (Å²) >= 11 is 0. The molecule has 3 aromatic rings. The summed E-state index contributed by atoms with van der Waals surface area (Å²) in [6.45, 7) is 1.98. The van der Waals surface area contributed by atoms with E-state index in [0.29, 0.717) is 40.6 Å². The number of alkyl halides is 3. The number of amides is 1. The van der Waals surface area contributed by atoms with Crippen molar-refractivity contribution in [2.45, 2.75) is 25.9 Å². The SMILES string of the molecule is CCCc1[nH]nc(-c2ccc(OC)cc2OC)c1NC(=O)c1ccc(C(F)(F)F)cc1. The van der Waals surface area contributed by atoms with Crippen molar-refractivity contribution in [2.24, 2.45) is 0 Å². The fraction of sp³-hybridized carbons (Fsp3) is 0.273. The molecule has 0 unspecified atom stereocenters. The molecule has 1 amide bonds. The third-order valence-electron chi connectivity index (χ3n) is 4.72. The number of aryl methyl sites for hydroxylation is 1. The lowest BCUT2D eigenvalue weighted by Gasteiger charge is -2.12. The third-order valence-corrected chi connectivity index (χ3v) is 4.72. The van der Waals surface area contributed by atoms with E-state index in [1.165, 1.54) is 14.2 Å². The monoisotopic (exact) mass is 433 g/mol. The Balaban J connectivity index is 1.97. The molecular formula is C22H22F3N3O3. The van der Waals surface area contributed by atoms with E-state index in [0.717, 1.165) is 30.7 Å². The molecule has 0 saturated carbocycles. The van der Waals surface area contributed by atoms with Gasteiger partial charge < -0.3 is 14.8 Å². The van der Waals surface area contributed by atoms with E-state index in [9.17, 15) is 18.0 Å². The zero-order chi connectivity index (χ0) is 22.6. The van der Waals surface area contributed by atoms with Gasteiger partial charge in [-0.25, -0.2) is 0 Å². The average molecular weight is 433 g/mol. The van der Waals surface area contributed by atoms with Gasteiger partial charge in [0, 0.05) is 17.2 Å². The number of benzene rings is 2. The van der Waals surface area contributed by atoms with Crippen LogP contribution in [0.25, 0.3) is 11.3 Å². The molecule has 2 N–H and O–H groups in total. The standard InChI is InChI=1S/C22H22F3N3O3/c1-4-5-17-20(26-21(29)13-6-8-14(9-7-13)22(23,24)25)19(28-27-17)16-11-10-15(30-2)12-18(16)31-3/h6-12H,4-5H2,1-3H3,(H,26,29)(H,27,28). The first-order valence-corrected chi connectivity index (χ1v) is 9.56. The number of H-pyrrole nitrogens is 1. The Morgan fingerprint density at radius 1 is 1.10 bits per heavy atom. The number of carbonyl (C=O) groups excluding carboxylic acids is 1. The molecule has 0 saturated heterocycles. The Labute approximate surface area is 177 Å². The number of nitrogens with zero attached hydrogens (tertiary/aromatic N) is 1. The molecular weight excluding hydrogens is 411 g/mol. The number of halogens is 3. The number of rotatable bonds is 7. The highest BCUT2D eigenvalue weighted by Gasteiger charge is 2.30. The predicted octanol–water partition coefficient (Wildman–Crippen LogP) is 5.32. The van der Waals surface area contributed by atoms with Crippen LogP contribution in [0.3, 0.4) is 0 Å². The number of hydrogen-bond donors (Lipinski definition) is 2. The van der Waals surface area contributed by atoms with Crippen molar-refractivity contribution in [1.82, 2.24) is 10.2 Å². The van der Waals surface area contributed by atoms with Gasteiger partial charge in [0.1, 0.15) is 17.2 Å². The average Bonchev–Trinajstić information content (AvgIpc) is 3.14. The summed E-state index contributed by atoms with van der Waals surface area (Å²) in [5.41, 5.74) is 1.53. The van der Waals surface area contributed by atoms with Crippen molar-refractivity contribution in [3.63, 3.8) is 0 Å². The summed E-state index contributed by atoms with van der Waals surface area (Å²) in [6, 6.07) is 9.25. The second-order valence-corrected chi connectivity index (χ2v) is 6.77. The smallest absolute Gasteiger partial charge is 0.416 e. The van der Waals surface area contributed by atoms with Gasteiger partial charge in [-0.15, -0.1) is 0 Å². The van der Waals surface area contributed by atoms with Gasteiger partial charge in [0.15, 0.2) is 0 Å². The highest BCUT2D eigenvalue weighted by molar-refractivity contribution is 6.06. The largest absolute Gasteiger partial charge is 0.497 e. The highest BCUT2D eigenvalue weighted by atomic mass is 19.4. The second-order valence-electron chi connectivity index (χ2n) is 6.77. The fourth-order valence-corrected chi connectivity index (χ4v) is 3.13. The van der Waals surface area contributed by atoms with Crippen LogP contribution in [0.1, 0.15) is 35.0 Å². The number of aromatic amines is 1. The van der Waals surface area contributed by atoms with E-state index in [2.05, 4.69) is 15.5 Å². The number of anilines is 1. The van der Waals surface area contributed by atoms with Crippen LogP contribution in [0.2, 0.25) is 0 Å². The second kappa shape index (κ2) is 9.11. The molecule has 9 heteroatoms. The van der Waals surface area contributed by atoms with Gasteiger partial charge in [-0.1, -0.05) is 13.3 Å². The molecule has 0 fully saturated rings. The fourth-order valence-electron chi connectivity index (χ4n) is 3.13. The zero-order valence-electron chi connectivity index (χ0n) is 17.3. The van der Waals surface area contributed by atoms with Gasteiger partial charge in [-0.3, -0.25) is 9.89 Å². The summed E-state index contributed by atoms with van der Waals surface area (Å²) in [7, 11) is 3.05. The quantitative estimate of drug-likeness (QED) is 0.529. The molecule has 2 aromatic carbocycles. The number of aromatic nitrogens is 2. The van der Waals surface area contributed by atoms with Crippen molar-refractivity contribution < 1.29 is 27.4 Å². The Morgan fingerprint density at radius 3 is 2.39 bits per heavy atom. The van der Waals surface area contributed by atoms with Crippen LogP contribution in [0.5, 0.6) is 11.5 Å². The lowest BCUT2D eigenvalue weighted by Crippen LogP contribution is -2.14. The van der Waals surface area contributed by atoms with Gasteiger partial charge in [0.25, 0.3) is 5.91 Å². The summed E-state index contributed by atoms with van der Waals surface area (Å²) in [5.74, 6) is 0.556. The lowest BCUT2D eigenvalue weighted by atomic mass is 10.1. The lowest BCUT2D eigenvalue weighted by molar-refractivity contribution is -0.137. The molecule has 6 nitrogen and oxygen atoms in total. The molecule has 3 rings (SSSR count). The summed E-state index contributed by atoms with van der Waals surface area (Å²) < 4.78 is 49.1. The summed E-state index contributed by atoms with van der Waals surface area (Å²) in [4.78, 5) is 12.8. The van der Waals surface area contributed by atoms with Crippen LogP contribution in [0.15, 0.2) is 42.5 Å². The molecule has 31 heavy (non-hydrogen) atoms. The van der Waals surface area contributed by atoms with E-state index < -0.39 is 17.6 Å². The zero-order valence-corrected chi connectivity index (χ0v) is 17.3. The molecule has 0 aliphatic heterocycles. The van der Waals surface area contributed by atoms with E-state index in [1.54, 1.807) is 18.2 Å². The Hall–Kier alpha value is -3.49. The van der Waals surface area contributed by atoms with Gasteiger partial charge >= 0.3 is 6.18 Å². The maximum atomic E-state index is 12.8. The Morgan fingerprint density at radius 2 is 1.81 bits per heavy atom. The minimum Gasteiger partial charge on any atom is -0.497 e. The first-order valence-electron chi connectivity index (χ1n) is 9.56. The van der Waals surface area contributed by atoms with Crippen molar-refractivity contribution >= 4 is 11.6 Å². The summed E-state index contributed by atoms with van der Waals surface area (Å²) in [5, 5.41) is 10.1. The maximum Gasteiger partial charge on any atom is 0.416 e. The third kappa shape index (κ3) is 4.82. The van der Waals surface area contributed by atoms with E-state index in [-0.39, 0.29) is 5.56 Å². The molecule has 1 aromatic heterocycles. The number of hydrogen-bond acceptors (Lipinski definition) is 4. The Bertz CT molecular complexity index is 1060.